The van der Waals surface area contributed by atoms with Gasteiger partial charge in [0.15, 0.2) is 5.76 Å². The fourth-order valence-electron chi connectivity index (χ4n) is 1.52. The van der Waals surface area contributed by atoms with Crippen LogP contribution < -0.4 is 5.32 Å². The van der Waals surface area contributed by atoms with Gasteiger partial charge in [0.2, 0.25) is 0 Å². The van der Waals surface area contributed by atoms with E-state index in [1.807, 2.05) is 6.92 Å². The summed E-state index contributed by atoms with van der Waals surface area (Å²) in [6.07, 6.45) is 3.48. The second-order valence-corrected chi connectivity index (χ2v) is 4.27. The molecule has 0 unspecified atom stereocenters. The molecule has 1 heterocycles. The minimum Gasteiger partial charge on any atom is -0.459 e. The average molecular weight is 209 g/mol. The number of aryl methyl sites for hydroxylation is 1. The lowest BCUT2D eigenvalue weighted by Crippen LogP contribution is -2.31. The summed E-state index contributed by atoms with van der Waals surface area (Å²) in [7, 11) is 0. The molecular formula is C11H15NO3. The molecule has 0 atom stereocenters. The zero-order valence-electron chi connectivity index (χ0n) is 8.75. The van der Waals surface area contributed by atoms with Crippen LogP contribution in [0.5, 0.6) is 0 Å². The number of carbonyl (C=O) groups is 1. The van der Waals surface area contributed by atoms with Gasteiger partial charge in [-0.3, -0.25) is 4.79 Å². The summed E-state index contributed by atoms with van der Waals surface area (Å²) < 4.78 is 5.07. The maximum Gasteiger partial charge on any atom is 0.287 e. The number of amides is 1. The Morgan fingerprint density at radius 3 is 2.87 bits per heavy atom. The highest BCUT2D eigenvalue weighted by Crippen LogP contribution is 2.44. The van der Waals surface area contributed by atoms with Crippen LogP contribution in [0.3, 0.4) is 0 Å². The van der Waals surface area contributed by atoms with E-state index in [-0.39, 0.29) is 17.9 Å². The van der Waals surface area contributed by atoms with E-state index in [9.17, 15) is 4.79 Å². The summed E-state index contributed by atoms with van der Waals surface area (Å²) in [5.41, 5.74) is 0.775. The van der Waals surface area contributed by atoms with E-state index < -0.39 is 0 Å². The van der Waals surface area contributed by atoms with Gasteiger partial charge in [0, 0.05) is 17.5 Å². The van der Waals surface area contributed by atoms with Gasteiger partial charge in [0.05, 0.1) is 12.9 Å². The van der Waals surface area contributed by atoms with E-state index >= 15 is 0 Å². The molecule has 1 fully saturated rings. The molecule has 4 heteroatoms. The predicted molar refractivity (Wildman–Crippen MR) is 54.5 cm³/mol. The molecule has 0 bridgehead atoms. The molecule has 1 saturated carbocycles. The first-order valence-corrected chi connectivity index (χ1v) is 5.10. The zero-order valence-corrected chi connectivity index (χ0v) is 8.75. The van der Waals surface area contributed by atoms with Crippen molar-refractivity contribution < 1.29 is 14.3 Å². The SMILES string of the molecule is Cc1ccoc1C(=O)NCC1(CO)CC1. The molecule has 0 radical (unpaired) electrons. The predicted octanol–water partition coefficient (Wildman–Crippen LogP) is 1.09. The number of aliphatic hydroxyl groups is 1. The van der Waals surface area contributed by atoms with Crippen LogP contribution in [-0.4, -0.2) is 24.2 Å². The fraction of sp³-hybridized carbons (Fsp3) is 0.545. The van der Waals surface area contributed by atoms with Crippen molar-refractivity contribution in [2.75, 3.05) is 13.2 Å². The van der Waals surface area contributed by atoms with E-state index in [2.05, 4.69) is 5.32 Å². The van der Waals surface area contributed by atoms with Crippen molar-refractivity contribution in [3.05, 3.63) is 23.7 Å². The molecule has 0 spiro atoms. The fourth-order valence-corrected chi connectivity index (χ4v) is 1.52. The Bertz CT molecular complexity index is 366. The van der Waals surface area contributed by atoms with Crippen LogP contribution in [0.15, 0.2) is 16.7 Å². The van der Waals surface area contributed by atoms with Gasteiger partial charge in [0.25, 0.3) is 5.91 Å². The summed E-state index contributed by atoms with van der Waals surface area (Å²) in [4.78, 5) is 11.6. The Morgan fingerprint density at radius 2 is 2.40 bits per heavy atom. The van der Waals surface area contributed by atoms with Gasteiger partial charge in [0.1, 0.15) is 0 Å². The molecule has 0 aliphatic heterocycles. The molecule has 82 valence electrons. The molecule has 15 heavy (non-hydrogen) atoms. The molecule has 2 rings (SSSR count). The van der Waals surface area contributed by atoms with Crippen molar-refractivity contribution in [1.29, 1.82) is 0 Å². The van der Waals surface area contributed by atoms with Crippen molar-refractivity contribution in [1.82, 2.24) is 5.32 Å². The maximum absolute atomic E-state index is 11.6. The number of nitrogens with one attached hydrogen (secondary N) is 1. The summed E-state index contributed by atoms with van der Waals surface area (Å²) in [6, 6.07) is 1.76. The highest BCUT2D eigenvalue weighted by atomic mass is 16.3. The van der Waals surface area contributed by atoms with Gasteiger partial charge in [-0.1, -0.05) is 0 Å². The lowest BCUT2D eigenvalue weighted by atomic mass is 10.1. The zero-order chi connectivity index (χ0) is 10.9. The van der Waals surface area contributed by atoms with Crippen LogP contribution in [-0.2, 0) is 0 Å². The third kappa shape index (κ3) is 2.04. The molecule has 0 aromatic carbocycles. The third-order valence-electron chi connectivity index (χ3n) is 2.98. The highest BCUT2D eigenvalue weighted by molar-refractivity contribution is 5.92. The second-order valence-electron chi connectivity index (χ2n) is 4.27. The number of hydrogen-bond acceptors (Lipinski definition) is 3. The van der Waals surface area contributed by atoms with Crippen LogP contribution in [0, 0.1) is 12.3 Å². The molecule has 4 nitrogen and oxygen atoms in total. The molecule has 1 aromatic heterocycles. The van der Waals surface area contributed by atoms with Gasteiger partial charge in [-0.25, -0.2) is 0 Å². The first-order valence-electron chi connectivity index (χ1n) is 5.10. The highest BCUT2D eigenvalue weighted by Gasteiger charge is 2.42. The van der Waals surface area contributed by atoms with Crippen molar-refractivity contribution in [3.8, 4) is 0 Å². The molecular weight excluding hydrogens is 194 g/mol. The van der Waals surface area contributed by atoms with Gasteiger partial charge in [-0.05, 0) is 25.8 Å². The number of hydrogen-bond donors (Lipinski definition) is 2. The minimum absolute atomic E-state index is 0.0594. The third-order valence-corrected chi connectivity index (χ3v) is 2.98. The van der Waals surface area contributed by atoms with Crippen molar-refractivity contribution >= 4 is 5.91 Å². The Labute approximate surface area is 88.3 Å². The largest absolute Gasteiger partial charge is 0.459 e. The van der Waals surface area contributed by atoms with Crippen LogP contribution in [0.1, 0.15) is 29.0 Å². The normalized spacial score (nSPS) is 17.5. The van der Waals surface area contributed by atoms with Crippen molar-refractivity contribution in [2.45, 2.75) is 19.8 Å². The van der Waals surface area contributed by atoms with Crippen LogP contribution >= 0.6 is 0 Å². The minimum atomic E-state index is -0.197. The number of furan rings is 1. The molecule has 1 aromatic rings. The monoisotopic (exact) mass is 209 g/mol. The van der Waals surface area contributed by atoms with Crippen molar-refractivity contribution in [3.63, 3.8) is 0 Å². The van der Waals surface area contributed by atoms with Crippen LogP contribution in [0.25, 0.3) is 0 Å². The average Bonchev–Trinajstić information content (AvgIpc) is 2.91. The summed E-state index contributed by atoms with van der Waals surface area (Å²) in [5, 5.41) is 11.9. The Morgan fingerprint density at radius 1 is 1.67 bits per heavy atom. The Kier molecular flexibility index (Phi) is 2.52. The van der Waals surface area contributed by atoms with E-state index in [0.717, 1.165) is 18.4 Å². The first-order chi connectivity index (χ1) is 7.17. The Hall–Kier alpha value is -1.29. The van der Waals surface area contributed by atoms with E-state index in [4.69, 9.17) is 9.52 Å². The lowest BCUT2D eigenvalue weighted by Gasteiger charge is -2.11. The molecule has 1 aliphatic rings. The topological polar surface area (TPSA) is 62.5 Å². The van der Waals surface area contributed by atoms with Crippen molar-refractivity contribution in [2.24, 2.45) is 5.41 Å². The summed E-state index contributed by atoms with van der Waals surface area (Å²) >= 11 is 0. The number of rotatable bonds is 4. The Balaban J connectivity index is 1.91. The number of aliphatic hydroxyl groups excluding tert-OH is 1. The molecule has 2 N–H and O–H groups in total. The molecule has 1 aliphatic carbocycles. The maximum atomic E-state index is 11.6. The lowest BCUT2D eigenvalue weighted by molar-refractivity contribution is 0.0906. The van der Waals surface area contributed by atoms with Gasteiger partial charge < -0.3 is 14.8 Å². The van der Waals surface area contributed by atoms with Crippen LogP contribution in [0.4, 0.5) is 0 Å². The van der Waals surface area contributed by atoms with Gasteiger partial charge in [-0.2, -0.15) is 0 Å². The number of carbonyl (C=O) groups excluding carboxylic acids is 1. The van der Waals surface area contributed by atoms with Gasteiger partial charge in [-0.15, -0.1) is 0 Å². The van der Waals surface area contributed by atoms with E-state index in [1.165, 1.54) is 6.26 Å². The van der Waals surface area contributed by atoms with Crippen LogP contribution in [0.2, 0.25) is 0 Å². The summed E-state index contributed by atoms with van der Waals surface area (Å²) in [5.74, 6) is 0.168. The smallest absolute Gasteiger partial charge is 0.287 e. The second kappa shape index (κ2) is 3.70. The standard InChI is InChI=1S/C11H15NO3/c1-8-2-5-15-9(8)10(14)12-6-11(7-13)3-4-11/h2,5,13H,3-4,6-7H2,1H3,(H,12,14). The van der Waals surface area contributed by atoms with Gasteiger partial charge >= 0.3 is 0 Å². The van der Waals surface area contributed by atoms with E-state index in [0.29, 0.717) is 12.3 Å². The molecule has 0 saturated heterocycles. The summed E-state index contributed by atoms with van der Waals surface area (Å²) in [6.45, 7) is 2.50. The molecule has 1 amide bonds. The van der Waals surface area contributed by atoms with E-state index in [1.54, 1.807) is 6.07 Å². The quantitative estimate of drug-likeness (QED) is 0.780. The first kappa shape index (κ1) is 10.2.